The zero-order valence-corrected chi connectivity index (χ0v) is 12.3. The van der Waals surface area contributed by atoms with Crippen molar-refractivity contribution in [2.75, 3.05) is 13.7 Å². The number of unbranched alkanes of at least 4 members (excludes halogenated alkanes) is 1. The lowest BCUT2D eigenvalue weighted by molar-refractivity contribution is 0.310. The molecule has 0 aliphatic rings. The zero-order valence-electron chi connectivity index (χ0n) is 11.4. The van der Waals surface area contributed by atoms with Gasteiger partial charge in [0.25, 0.3) is 0 Å². The van der Waals surface area contributed by atoms with Gasteiger partial charge in [0, 0.05) is 6.04 Å². The summed E-state index contributed by atoms with van der Waals surface area (Å²) < 4.78 is 10.8. The number of methoxy groups -OCH3 is 1. The molecule has 0 spiro atoms. The molecular weight excluding hydrogens is 250 g/mol. The van der Waals surface area contributed by atoms with Crippen LogP contribution >= 0.6 is 12.4 Å². The Labute approximate surface area is 116 Å². The second-order valence-electron chi connectivity index (χ2n) is 4.09. The normalized spacial score (nSPS) is 11.6. The molecule has 0 radical (unpaired) electrons. The lowest BCUT2D eigenvalue weighted by Gasteiger charge is -2.15. The second kappa shape index (κ2) is 9.06. The molecule has 0 amide bonds. The Morgan fingerprint density at radius 1 is 1.22 bits per heavy atom. The van der Waals surface area contributed by atoms with Crippen LogP contribution in [0.15, 0.2) is 18.2 Å². The predicted octanol–water partition coefficient (Wildman–Crippen LogP) is 3.71. The first-order valence-electron chi connectivity index (χ1n) is 6.29. The largest absolute Gasteiger partial charge is 0.493 e. The Hall–Kier alpha value is -0.930. The summed E-state index contributed by atoms with van der Waals surface area (Å²) in [6.07, 6.45) is 3.33. The molecule has 18 heavy (non-hydrogen) atoms. The van der Waals surface area contributed by atoms with Crippen LogP contribution in [0.4, 0.5) is 0 Å². The van der Waals surface area contributed by atoms with Crippen LogP contribution in [0.5, 0.6) is 11.5 Å². The highest BCUT2D eigenvalue weighted by Gasteiger charge is 2.10. The lowest BCUT2D eigenvalue weighted by Crippen LogP contribution is -2.10. The Kier molecular flexibility index (Phi) is 8.59. The molecule has 3 nitrogen and oxygen atoms in total. The van der Waals surface area contributed by atoms with Gasteiger partial charge in [-0.15, -0.1) is 12.4 Å². The van der Waals surface area contributed by atoms with Gasteiger partial charge in [-0.05, 0) is 31.0 Å². The standard InChI is InChI=1S/C14H23NO2.ClH/c1-4-6-7-12(15)11-8-9-13(17-5-2)14(10-11)16-3;/h8-10,12H,4-7,15H2,1-3H3;1H/t12-;/m0./s1. The number of nitrogens with two attached hydrogens (primary N) is 1. The fourth-order valence-electron chi connectivity index (χ4n) is 1.78. The van der Waals surface area contributed by atoms with Gasteiger partial charge in [-0.2, -0.15) is 0 Å². The molecule has 0 aliphatic heterocycles. The summed E-state index contributed by atoms with van der Waals surface area (Å²) in [5, 5.41) is 0. The molecule has 0 fully saturated rings. The molecule has 0 unspecified atom stereocenters. The van der Waals surface area contributed by atoms with E-state index in [1.807, 2.05) is 25.1 Å². The number of hydrogen-bond donors (Lipinski definition) is 1. The van der Waals surface area contributed by atoms with Gasteiger partial charge >= 0.3 is 0 Å². The minimum Gasteiger partial charge on any atom is -0.493 e. The number of halogens is 1. The number of hydrogen-bond acceptors (Lipinski definition) is 3. The summed E-state index contributed by atoms with van der Waals surface area (Å²) in [7, 11) is 1.65. The van der Waals surface area contributed by atoms with E-state index in [4.69, 9.17) is 15.2 Å². The average Bonchev–Trinajstić information content (AvgIpc) is 2.36. The van der Waals surface area contributed by atoms with Gasteiger partial charge in [0.05, 0.1) is 13.7 Å². The van der Waals surface area contributed by atoms with E-state index >= 15 is 0 Å². The predicted molar refractivity (Wildman–Crippen MR) is 77.9 cm³/mol. The average molecular weight is 274 g/mol. The second-order valence-corrected chi connectivity index (χ2v) is 4.09. The Balaban J connectivity index is 0.00000289. The quantitative estimate of drug-likeness (QED) is 0.824. The lowest BCUT2D eigenvalue weighted by atomic mass is 10.0. The molecule has 0 aromatic heterocycles. The summed E-state index contributed by atoms with van der Waals surface area (Å²) in [4.78, 5) is 0. The van der Waals surface area contributed by atoms with Crippen LogP contribution in [0.1, 0.15) is 44.7 Å². The molecule has 0 aliphatic carbocycles. The summed E-state index contributed by atoms with van der Waals surface area (Å²) in [5.41, 5.74) is 7.24. The van der Waals surface area contributed by atoms with Crippen molar-refractivity contribution in [3.63, 3.8) is 0 Å². The van der Waals surface area contributed by atoms with Crippen LogP contribution in [0.2, 0.25) is 0 Å². The van der Waals surface area contributed by atoms with Gasteiger partial charge in [-0.25, -0.2) is 0 Å². The molecule has 2 N–H and O–H groups in total. The molecule has 1 atom stereocenters. The SMILES string of the molecule is CCCC[C@H](N)c1ccc(OCC)c(OC)c1.Cl. The van der Waals surface area contributed by atoms with Crippen molar-refractivity contribution in [1.29, 1.82) is 0 Å². The fraction of sp³-hybridized carbons (Fsp3) is 0.571. The maximum Gasteiger partial charge on any atom is 0.161 e. The third kappa shape index (κ3) is 4.75. The van der Waals surface area contributed by atoms with E-state index in [0.717, 1.165) is 29.9 Å². The van der Waals surface area contributed by atoms with E-state index in [1.54, 1.807) is 7.11 Å². The molecule has 1 rings (SSSR count). The van der Waals surface area contributed by atoms with Gasteiger partial charge in [-0.3, -0.25) is 0 Å². The van der Waals surface area contributed by atoms with Gasteiger partial charge < -0.3 is 15.2 Å². The molecule has 0 saturated heterocycles. The van der Waals surface area contributed by atoms with Crippen molar-refractivity contribution in [2.24, 2.45) is 5.73 Å². The fourth-order valence-corrected chi connectivity index (χ4v) is 1.78. The van der Waals surface area contributed by atoms with E-state index in [9.17, 15) is 0 Å². The van der Waals surface area contributed by atoms with E-state index in [2.05, 4.69) is 6.92 Å². The van der Waals surface area contributed by atoms with Crippen molar-refractivity contribution in [1.82, 2.24) is 0 Å². The highest BCUT2D eigenvalue weighted by Crippen LogP contribution is 2.30. The first-order chi connectivity index (χ1) is 8.22. The van der Waals surface area contributed by atoms with Crippen molar-refractivity contribution >= 4 is 12.4 Å². The van der Waals surface area contributed by atoms with Crippen LogP contribution in [-0.4, -0.2) is 13.7 Å². The van der Waals surface area contributed by atoms with Gasteiger partial charge in [0.15, 0.2) is 11.5 Å². The third-order valence-electron chi connectivity index (χ3n) is 2.78. The van der Waals surface area contributed by atoms with Gasteiger partial charge in [0.2, 0.25) is 0 Å². The van der Waals surface area contributed by atoms with Crippen LogP contribution in [0.3, 0.4) is 0 Å². The number of rotatable bonds is 7. The van der Waals surface area contributed by atoms with E-state index in [0.29, 0.717) is 6.61 Å². The molecule has 0 saturated carbocycles. The molecule has 0 heterocycles. The molecular formula is C14H24ClNO2. The topological polar surface area (TPSA) is 44.5 Å². The van der Waals surface area contributed by atoms with Crippen LogP contribution in [0, 0.1) is 0 Å². The highest BCUT2D eigenvalue weighted by atomic mass is 35.5. The maximum absolute atomic E-state index is 6.13. The van der Waals surface area contributed by atoms with E-state index in [1.165, 1.54) is 6.42 Å². The van der Waals surface area contributed by atoms with Crippen molar-refractivity contribution in [2.45, 2.75) is 39.2 Å². The monoisotopic (exact) mass is 273 g/mol. The Morgan fingerprint density at radius 3 is 2.50 bits per heavy atom. The maximum atomic E-state index is 6.13. The minimum atomic E-state index is 0. The van der Waals surface area contributed by atoms with Crippen molar-refractivity contribution in [3.05, 3.63) is 23.8 Å². The van der Waals surface area contributed by atoms with E-state index < -0.39 is 0 Å². The first-order valence-corrected chi connectivity index (χ1v) is 6.29. The van der Waals surface area contributed by atoms with Gasteiger partial charge in [-0.1, -0.05) is 25.8 Å². The minimum absolute atomic E-state index is 0. The van der Waals surface area contributed by atoms with E-state index in [-0.39, 0.29) is 18.4 Å². The van der Waals surface area contributed by atoms with Crippen LogP contribution in [-0.2, 0) is 0 Å². The van der Waals surface area contributed by atoms with Crippen molar-refractivity contribution in [3.8, 4) is 11.5 Å². The molecule has 1 aromatic rings. The summed E-state index contributed by atoms with van der Waals surface area (Å²) in [5.74, 6) is 1.54. The van der Waals surface area contributed by atoms with Gasteiger partial charge in [0.1, 0.15) is 0 Å². The Morgan fingerprint density at radius 2 is 1.94 bits per heavy atom. The van der Waals surface area contributed by atoms with Crippen molar-refractivity contribution < 1.29 is 9.47 Å². The molecule has 0 bridgehead atoms. The number of ether oxygens (including phenoxy) is 2. The third-order valence-corrected chi connectivity index (χ3v) is 2.78. The Bertz CT molecular complexity index is 345. The summed E-state index contributed by atoms with van der Waals surface area (Å²) in [6, 6.07) is 6.02. The number of benzene rings is 1. The highest BCUT2D eigenvalue weighted by molar-refractivity contribution is 5.85. The summed E-state index contributed by atoms with van der Waals surface area (Å²) >= 11 is 0. The summed E-state index contributed by atoms with van der Waals surface area (Å²) in [6.45, 7) is 4.77. The van der Waals surface area contributed by atoms with Crippen LogP contribution < -0.4 is 15.2 Å². The smallest absolute Gasteiger partial charge is 0.161 e. The molecule has 1 aromatic carbocycles. The zero-order chi connectivity index (χ0) is 12.7. The molecule has 4 heteroatoms. The first kappa shape index (κ1) is 17.1. The van der Waals surface area contributed by atoms with Crippen LogP contribution in [0.25, 0.3) is 0 Å². The molecule has 104 valence electrons.